The summed E-state index contributed by atoms with van der Waals surface area (Å²) in [5.41, 5.74) is 0.640. The molecule has 2 N–H and O–H groups in total. The first-order valence-electron chi connectivity index (χ1n) is 5.94. The van der Waals surface area contributed by atoms with E-state index in [1.807, 2.05) is 0 Å². The van der Waals surface area contributed by atoms with Gasteiger partial charge in [0.25, 0.3) is 0 Å². The first-order chi connectivity index (χ1) is 6.89. The quantitative estimate of drug-likeness (QED) is 0.675. The summed E-state index contributed by atoms with van der Waals surface area (Å²) < 4.78 is 5.42. The lowest BCUT2D eigenvalue weighted by atomic mass is 9.96. The second kappa shape index (κ2) is 3.47. The zero-order chi connectivity index (χ0) is 9.43. The first kappa shape index (κ1) is 9.13. The van der Waals surface area contributed by atoms with E-state index in [9.17, 15) is 0 Å². The van der Waals surface area contributed by atoms with E-state index in [-0.39, 0.29) is 0 Å². The number of ether oxygens (including phenoxy) is 1. The second-order valence-electron chi connectivity index (χ2n) is 5.09. The molecule has 3 aliphatic rings. The maximum Gasteiger partial charge on any atom is 0.0471 e. The minimum atomic E-state index is 0.640. The summed E-state index contributed by atoms with van der Waals surface area (Å²) in [6.45, 7) is 4.34. The average molecular weight is 196 g/mol. The van der Waals surface area contributed by atoms with Gasteiger partial charge in [0.2, 0.25) is 0 Å². The van der Waals surface area contributed by atoms with Crippen LogP contribution in [0, 0.1) is 5.41 Å². The number of nitrogens with one attached hydrogen (secondary N) is 2. The smallest absolute Gasteiger partial charge is 0.0471 e. The van der Waals surface area contributed by atoms with Gasteiger partial charge in [0.05, 0.1) is 0 Å². The fraction of sp³-hybridized carbons (Fsp3) is 1.00. The van der Waals surface area contributed by atoms with Crippen LogP contribution in [0.4, 0.5) is 0 Å². The molecule has 3 rings (SSSR count). The van der Waals surface area contributed by atoms with E-state index in [1.165, 1.54) is 38.8 Å². The lowest BCUT2D eigenvalue weighted by molar-refractivity contribution is 0.0539. The average Bonchev–Trinajstić information content (AvgIpc) is 2.67. The van der Waals surface area contributed by atoms with Crippen LogP contribution in [-0.2, 0) is 4.74 Å². The van der Waals surface area contributed by atoms with E-state index in [1.54, 1.807) is 0 Å². The molecule has 1 aliphatic carbocycles. The van der Waals surface area contributed by atoms with Crippen molar-refractivity contribution in [2.75, 3.05) is 26.3 Å². The van der Waals surface area contributed by atoms with Gasteiger partial charge in [-0.15, -0.1) is 0 Å². The minimum absolute atomic E-state index is 0.640. The predicted molar refractivity (Wildman–Crippen MR) is 55.3 cm³/mol. The molecule has 0 aromatic heterocycles. The van der Waals surface area contributed by atoms with Gasteiger partial charge >= 0.3 is 0 Å². The Morgan fingerprint density at radius 3 is 2.86 bits per heavy atom. The third-order valence-electron chi connectivity index (χ3n) is 4.18. The molecule has 2 atom stereocenters. The molecule has 0 radical (unpaired) electrons. The van der Waals surface area contributed by atoms with Gasteiger partial charge in [-0.05, 0) is 37.6 Å². The summed E-state index contributed by atoms with van der Waals surface area (Å²) in [5.74, 6) is 0. The summed E-state index contributed by atoms with van der Waals surface area (Å²) in [6, 6.07) is 1.54. The summed E-state index contributed by atoms with van der Waals surface area (Å²) in [4.78, 5) is 0. The fourth-order valence-electron chi connectivity index (χ4n) is 3.00. The molecule has 2 aliphatic heterocycles. The highest BCUT2D eigenvalue weighted by molar-refractivity contribution is 5.09. The topological polar surface area (TPSA) is 33.3 Å². The molecule has 14 heavy (non-hydrogen) atoms. The molecular weight excluding hydrogens is 176 g/mol. The van der Waals surface area contributed by atoms with Crippen LogP contribution in [0.3, 0.4) is 0 Å². The van der Waals surface area contributed by atoms with Crippen molar-refractivity contribution in [2.24, 2.45) is 5.41 Å². The molecule has 0 aromatic rings. The Hall–Kier alpha value is -0.120. The Morgan fingerprint density at radius 1 is 1.29 bits per heavy atom. The van der Waals surface area contributed by atoms with E-state index in [0.29, 0.717) is 5.41 Å². The van der Waals surface area contributed by atoms with Crippen LogP contribution in [0.5, 0.6) is 0 Å². The Morgan fingerprint density at radius 2 is 2.14 bits per heavy atom. The van der Waals surface area contributed by atoms with Crippen LogP contribution in [-0.4, -0.2) is 38.4 Å². The summed E-state index contributed by atoms with van der Waals surface area (Å²) >= 11 is 0. The van der Waals surface area contributed by atoms with Crippen LogP contribution in [0.15, 0.2) is 0 Å². The summed E-state index contributed by atoms with van der Waals surface area (Å²) in [6.07, 6.45) is 5.27. The van der Waals surface area contributed by atoms with Crippen molar-refractivity contribution >= 4 is 0 Å². The van der Waals surface area contributed by atoms with Gasteiger partial charge in [0.1, 0.15) is 0 Å². The fourth-order valence-corrected chi connectivity index (χ4v) is 3.00. The molecule has 80 valence electrons. The van der Waals surface area contributed by atoms with Crippen LogP contribution < -0.4 is 10.6 Å². The highest BCUT2D eigenvalue weighted by Gasteiger charge is 2.54. The largest absolute Gasteiger partial charge is 0.381 e. The Balaban J connectivity index is 1.51. The molecular formula is C11H20N2O. The van der Waals surface area contributed by atoms with E-state index in [4.69, 9.17) is 4.74 Å². The zero-order valence-corrected chi connectivity index (χ0v) is 8.72. The van der Waals surface area contributed by atoms with Crippen molar-refractivity contribution in [2.45, 2.75) is 37.8 Å². The molecule has 3 heteroatoms. The Bertz CT molecular complexity index is 207. The van der Waals surface area contributed by atoms with E-state index < -0.39 is 0 Å². The highest BCUT2D eigenvalue weighted by Crippen LogP contribution is 2.53. The molecule has 3 nitrogen and oxygen atoms in total. The van der Waals surface area contributed by atoms with Gasteiger partial charge in [0.15, 0.2) is 0 Å². The maximum absolute atomic E-state index is 5.42. The monoisotopic (exact) mass is 196 g/mol. The first-order valence-corrected chi connectivity index (χ1v) is 5.94. The minimum Gasteiger partial charge on any atom is -0.381 e. The van der Waals surface area contributed by atoms with E-state index in [0.717, 1.165) is 25.3 Å². The number of hydrogen-bond donors (Lipinski definition) is 2. The van der Waals surface area contributed by atoms with Crippen molar-refractivity contribution in [3.8, 4) is 0 Å². The van der Waals surface area contributed by atoms with Crippen LogP contribution >= 0.6 is 0 Å². The lowest BCUT2D eigenvalue weighted by Crippen LogP contribution is -2.36. The van der Waals surface area contributed by atoms with Gasteiger partial charge < -0.3 is 15.4 Å². The molecule has 1 saturated carbocycles. The maximum atomic E-state index is 5.42. The Labute approximate surface area is 85.6 Å². The highest BCUT2D eigenvalue weighted by atomic mass is 16.5. The molecule has 0 aromatic carbocycles. The van der Waals surface area contributed by atoms with E-state index >= 15 is 0 Å². The number of rotatable bonds is 2. The van der Waals surface area contributed by atoms with Gasteiger partial charge in [0, 0.05) is 31.8 Å². The molecule has 1 spiro atoms. The SMILES string of the molecule is C1CC(NC2CC23CCOCC3)CN1. The number of hydrogen-bond acceptors (Lipinski definition) is 3. The Kier molecular flexibility index (Phi) is 2.26. The van der Waals surface area contributed by atoms with Gasteiger partial charge in [-0.2, -0.15) is 0 Å². The molecule has 3 fully saturated rings. The van der Waals surface area contributed by atoms with Crippen molar-refractivity contribution < 1.29 is 4.74 Å². The predicted octanol–water partition coefficient (Wildman–Crippen LogP) is 0.507. The molecule has 2 saturated heterocycles. The molecule has 0 bridgehead atoms. The molecule has 2 unspecified atom stereocenters. The molecule has 0 amide bonds. The lowest BCUT2D eigenvalue weighted by Gasteiger charge is -2.24. The summed E-state index contributed by atoms with van der Waals surface area (Å²) in [5, 5.41) is 7.20. The van der Waals surface area contributed by atoms with Gasteiger partial charge in [-0.25, -0.2) is 0 Å². The van der Waals surface area contributed by atoms with Crippen LogP contribution in [0.2, 0.25) is 0 Å². The third kappa shape index (κ3) is 1.58. The van der Waals surface area contributed by atoms with Crippen molar-refractivity contribution in [3.63, 3.8) is 0 Å². The molecule has 2 heterocycles. The van der Waals surface area contributed by atoms with Gasteiger partial charge in [-0.1, -0.05) is 0 Å². The van der Waals surface area contributed by atoms with Gasteiger partial charge in [-0.3, -0.25) is 0 Å². The van der Waals surface area contributed by atoms with Crippen molar-refractivity contribution in [1.29, 1.82) is 0 Å². The van der Waals surface area contributed by atoms with Crippen LogP contribution in [0.25, 0.3) is 0 Å². The zero-order valence-electron chi connectivity index (χ0n) is 8.72. The van der Waals surface area contributed by atoms with Crippen LogP contribution in [0.1, 0.15) is 25.7 Å². The van der Waals surface area contributed by atoms with Crippen molar-refractivity contribution in [1.82, 2.24) is 10.6 Å². The standard InChI is InChI=1S/C11H20N2O/c1-4-12-8-9(1)13-10-7-11(10)2-5-14-6-3-11/h9-10,12-13H,1-8H2. The third-order valence-corrected chi connectivity index (χ3v) is 4.18. The van der Waals surface area contributed by atoms with Crippen molar-refractivity contribution in [3.05, 3.63) is 0 Å². The second-order valence-corrected chi connectivity index (χ2v) is 5.09. The normalized spacial score (nSPS) is 40.3. The van der Waals surface area contributed by atoms with E-state index in [2.05, 4.69) is 10.6 Å². The summed E-state index contributed by atoms with van der Waals surface area (Å²) in [7, 11) is 0.